The predicted octanol–water partition coefficient (Wildman–Crippen LogP) is 2.61. The molecule has 0 aliphatic carbocycles. The Morgan fingerprint density at radius 2 is 2.00 bits per heavy atom. The van der Waals surface area contributed by atoms with Crippen LogP contribution in [0.5, 0.6) is 0 Å². The molecule has 1 aliphatic heterocycles. The molecule has 138 valence electrons. The normalized spacial score (nSPS) is 20.0. The summed E-state index contributed by atoms with van der Waals surface area (Å²) < 4.78 is 15.5. The van der Waals surface area contributed by atoms with E-state index in [0.717, 1.165) is 0 Å². The van der Waals surface area contributed by atoms with Gasteiger partial charge in [0.1, 0.15) is 22.9 Å². The first-order valence-corrected chi connectivity index (χ1v) is 8.53. The van der Waals surface area contributed by atoms with E-state index in [2.05, 4.69) is 10.1 Å². The number of rotatable bonds is 4. The van der Waals surface area contributed by atoms with Crippen LogP contribution in [0.4, 0.5) is 4.39 Å². The molecule has 2 heterocycles. The minimum atomic E-state index is -1.28. The molecule has 0 saturated carbocycles. The number of carboxylic acid groups (broad SMARTS) is 1. The van der Waals surface area contributed by atoms with E-state index in [1.165, 1.54) is 22.6 Å². The van der Waals surface area contributed by atoms with Gasteiger partial charge < -0.3 is 10.0 Å². The zero-order chi connectivity index (χ0) is 19.1. The maximum Gasteiger partial charge on any atom is 0.329 e. The van der Waals surface area contributed by atoms with E-state index in [1.54, 1.807) is 18.2 Å². The molecule has 1 aliphatic rings. The molecule has 2 aromatic rings. The summed E-state index contributed by atoms with van der Waals surface area (Å²) in [6, 6.07) is 6.11. The lowest BCUT2D eigenvalue weighted by atomic mass is 9.99. The summed E-state index contributed by atoms with van der Waals surface area (Å²) >= 11 is 0. The lowest BCUT2D eigenvalue weighted by molar-refractivity contribution is -0.147. The van der Waals surface area contributed by atoms with Crippen LogP contribution in [0.1, 0.15) is 56.0 Å². The van der Waals surface area contributed by atoms with Gasteiger partial charge in [0.2, 0.25) is 5.82 Å². The highest BCUT2D eigenvalue weighted by molar-refractivity contribution is 5.95. The first kappa shape index (κ1) is 18.0. The van der Waals surface area contributed by atoms with Crippen LogP contribution in [0.25, 0.3) is 5.69 Å². The summed E-state index contributed by atoms with van der Waals surface area (Å²) in [6.07, 6.45) is 0.971. The van der Waals surface area contributed by atoms with E-state index in [1.807, 2.05) is 13.8 Å². The van der Waals surface area contributed by atoms with E-state index in [9.17, 15) is 19.1 Å². The Morgan fingerprint density at radius 1 is 1.31 bits per heavy atom. The Labute approximate surface area is 150 Å². The predicted molar refractivity (Wildman–Crippen MR) is 91.7 cm³/mol. The third kappa shape index (κ3) is 2.85. The van der Waals surface area contributed by atoms with Crippen molar-refractivity contribution in [3.8, 4) is 5.69 Å². The number of aliphatic carboxylic acids is 1. The second kappa shape index (κ2) is 6.51. The molecule has 8 heteroatoms. The van der Waals surface area contributed by atoms with E-state index in [4.69, 9.17) is 0 Å². The van der Waals surface area contributed by atoms with Crippen LogP contribution in [-0.4, -0.2) is 48.7 Å². The minimum absolute atomic E-state index is 0.104. The van der Waals surface area contributed by atoms with Gasteiger partial charge in [-0.3, -0.25) is 4.79 Å². The lowest BCUT2D eigenvalue weighted by Gasteiger charge is -2.30. The zero-order valence-electron chi connectivity index (χ0n) is 14.9. The molecular weight excluding hydrogens is 339 g/mol. The van der Waals surface area contributed by atoms with Crippen LogP contribution < -0.4 is 0 Å². The average Bonchev–Trinajstić information content (AvgIpc) is 3.19. The maximum atomic E-state index is 14.2. The van der Waals surface area contributed by atoms with Crippen molar-refractivity contribution in [3.63, 3.8) is 0 Å². The second-order valence-electron chi connectivity index (χ2n) is 6.95. The van der Waals surface area contributed by atoms with Gasteiger partial charge in [0, 0.05) is 12.5 Å². The summed E-state index contributed by atoms with van der Waals surface area (Å²) in [4.78, 5) is 30.1. The minimum Gasteiger partial charge on any atom is -0.480 e. The van der Waals surface area contributed by atoms with Gasteiger partial charge in [-0.2, -0.15) is 0 Å². The standard InChI is InChI=1S/C18H21FN4O3/c1-11(2)15-20-14(21-23(15)13-8-5-4-7-12(13)19)16(24)22-10-6-9-18(22,3)17(25)26/h4-5,7-8,11H,6,9-10H2,1-3H3,(H,25,26). The van der Waals surface area contributed by atoms with Crippen LogP contribution in [0, 0.1) is 5.82 Å². The van der Waals surface area contributed by atoms with Gasteiger partial charge in [-0.1, -0.05) is 26.0 Å². The van der Waals surface area contributed by atoms with E-state index < -0.39 is 23.2 Å². The van der Waals surface area contributed by atoms with Crippen LogP contribution in [-0.2, 0) is 4.79 Å². The maximum absolute atomic E-state index is 14.2. The molecule has 0 spiro atoms. The molecule has 1 aromatic heterocycles. The number of hydrogen-bond donors (Lipinski definition) is 1. The van der Waals surface area contributed by atoms with Crippen molar-refractivity contribution < 1.29 is 19.1 Å². The number of aromatic nitrogens is 3. The summed E-state index contributed by atoms with van der Waals surface area (Å²) in [5, 5.41) is 13.7. The summed E-state index contributed by atoms with van der Waals surface area (Å²) in [5.74, 6) is -1.87. The van der Waals surface area contributed by atoms with Crippen LogP contribution in [0.3, 0.4) is 0 Å². The quantitative estimate of drug-likeness (QED) is 0.905. The van der Waals surface area contributed by atoms with Gasteiger partial charge in [0.15, 0.2) is 0 Å². The zero-order valence-corrected chi connectivity index (χ0v) is 14.9. The molecule has 1 saturated heterocycles. The van der Waals surface area contributed by atoms with E-state index in [-0.39, 0.29) is 17.4 Å². The Hall–Kier alpha value is -2.77. The van der Waals surface area contributed by atoms with Gasteiger partial charge in [0.05, 0.1) is 0 Å². The molecule has 1 amide bonds. The number of carbonyl (C=O) groups excluding carboxylic acids is 1. The highest BCUT2D eigenvalue weighted by Crippen LogP contribution is 2.31. The number of para-hydroxylation sites is 1. The van der Waals surface area contributed by atoms with Gasteiger partial charge >= 0.3 is 5.97 Å². The molecule has 1 unspecified atom stereocenters. The van der Waals surface area contributed by atoms with Crippen molar-refractivity contribution >= 4 is 11.9 Å². The monoisotopic (exact) mass is 360 g/mol. The number of benzene rings is 1. The second-order valence-corrected chi connectivity index (χ2v) is 6.95. The Morgan fingerprint density at radius 3 is 2.62 bits per heavy atom. The van der Waals surface area contributed by atoms with Gasteiger partial charge in [-0.05, 0) is 31.9 Å². The van der Waals surface area contributed by atoms with Crippen molar-refractivity contribution in [3.05, 3.63) is 41.7 Å². The fraction of sp³-hybridized carbons (Fsp3) is 0.444. The number of carbonyl (C=O) groups is 2. The van der Waals surface area contributed by atoms with Crippen LogP contribution in [0.2, 0.25) is 0 Å². The third-order valence-corrected chi connectivity index (χ3v) is 4.77. The first-order chi connectivity index (χ1) is 12.3. The largest absolute Gasteiger partial charge is 0.480 e. The highest BCUT2D eigenvalue weighted by atomic mass is 19.1. The van der Waals surface area contributed by atoms with Crippen molar-refractivity contribution in [2.24, 2.45) is 0 Å². The molecule has 7 nitrogen and oxygen atoms in total. The topological polar surface area (TPSA) is 88.3 Å². The molecule has 0 radical (unpaired) electrons. The number of halogens is 1. The van der Waals surface area contributed by atoms with Crippen molar-refractivity contribution in [2.75, 3.05) is 6.54 Å². The lowest BCUT2D eigenvalue weighted by Crippen LogP contribution is -2.51. The fourth-order valence-corrected chi connectivity index (χ4v) is 3.22. The summed E-state index contributed by atoms with van der Waals surface area (Å²) in [6.45, 7) is 5.59. The summed E-state index contributed by atoms with van der Waals surface area (Å²) in [5.41, 5.74) is -1.08. The number of likely N-dealkylation sites (tertiary alicyclic amines) is 1. The van der Waals surface area contributed by atoms with Crippen LogP contribution >= 0.6 is 0 Å². The molecule has 1 N–H and O–H groups in total. The Bertz CT molecular complexity index is 864. The van der Waals surface area contributed by atoms with Crippen molar-refractivity contribution in [1.29, 1.82) is 0 Å². The van der Waals surface area contributed by atoms with E-state index >= 15 is 0 Å². The molecule has 3 rings (SSSR count). The molecular formula is C18H21FN4O3. The fourth-order valence-electron chi connectivity index (χ4n) is 3.22. The molecule has 0 bridgehead atoms. The SMILES string of the molecule is CC(C)c1nc(C(=O)N2CCCC2(C)C(=O)O)nn1-c1ccccc1F. The van der Waals surface area contributed by atoms with E-state index in [0.29, 0.717) is 25.2 Å². The number of carboxylic acids is 1. The van der Waals surface area contributed by atoms with Crippen LogP contribution in [0.15, 0.2) is 24.3 Å². The Kier molecular flexibility index (Phi) is 4.52. The molecule has 1 atom stereocenters. The third-order valence-electron chi connectivity index (χ3n) is 4.77. The number of amides is 1. The van der Waals surface area contributed by atoms with Gasteiger partial charge in [0.25, 0.3) is 5.91 Å². The molecule has 1 aromatic carbocycles. The smallest absolute Gasteiger partial charge is 0.329 e. The van der Waals surface area contributed by atoms with Gasteiger partial charge in [-0.25, -0.2) is 18.9 Å². The summed E-state index contributed by atoms with van der Waals surface area (Å²) in [7, 11) is 0. The van der Waals surface area contributed by atoms with Gasteiger partial charge in [-0.15, -0.1) is 5.10 Å². The Balaban J connectivity index is 2.05. The average molecular weight is 360 g/mol. The molecule has 26 heavy (non-hydrogen) atoms. The van der Waals surface area contributed by atoms with Crippen molar-refractivity contribution in [2.45, 2.75) is 45.1 Å². The first-order valence-electron chi connectivity index (χ1n) is 8.53. The van der Waals surface area contributed by atoms with Crippen molar-refractivity contribution in [1.82, 2.24) is 19.7 Å². The highest BCUT2D eigenvalue weighted by Gasteiger charge is 2.47. The molecule has 1 fully saturated rings. The number of hydrogen-bond acceptors (Lipinski definition) is 4. The number of nitrogens with zero attached hydrogens (tertiary/aromatic N) is 4.